The fourth-order valence-electron chi connectivity index (χ4n) is 2.74. The van der Waals surface area contributed by atoms with Crippen LogP contribution >= 0.6 is 11.6 Å². The van der Waals surface area contributed by atoms with Gasteiger partial charge >= 0.3 is 0 Å². The second-order valence-corrected chi connectivity index (χ2v) is 6.41. The first-order valence-corrected chi connectivity index (χ1v) is 8.82. The molecule has 3 heterocycles. The summed E-state index contributed by atoms with van der Waals surface area (Å²) >= 11 is 5.92. The number of halogens is 2. The first kappa shape index (κ1) is 18.7. The van der Waals surface area contributed by atoms with Gasteiger partial charge in [-0.2, -0.15) is 0 Å². The minimum atomic E-state index is -1.03. The Kier molecular flexibility index (Phi) is 6.49. The van der Waals surface area contributed by atoms with Crippen LogP contribution in [0.1, 0.15) is 5.56 Å². The van der Waals surface area contributed by atoms with Gasteiger partial charge in [-0.05, 0) is 18.2 Å². The molecule has 1 atom stereocenters. The Bertz CT molecular complexity index is 807. The highest BCUT2D eigenvalue weighted by Gasteiger charge is 2.15. The summed E-state index contributed by atoms with van der Waals surface area (Å²) in [5.41, 5.74) is 8.51. The van der Waals surface area contributed by atoms with Crippen LogP contribution in [-0.4, -0.2) is 66.6 Å². The highest BCUT2D eigenvalue weighted by Crippen LogP contribution is 2.18. The number of aromatic nitrogens is 2. The lowest BCUT2D eigenvalue weighted by molar-refractivity contribution is 0.0279. The van der Waals surface area contributed by atoms with Crippen molar-refractivity contribution in [1.29, 1.82) is 0 Å². The zero-order valence-electron chi connectivity index (χ0n) is 14.3. The monoisotopic (exact) mass is 377 g/mol. The molecule has 3 rings (SSSR count). The molecule has 1 saturated heterocycles. The number of rotatable bonds is 6. The minimum Gasteiger partial charge on any atom is -0.404 e. The van der Waals surface area contributed by atoms with E-state index in [4.69, 9.17) is 22.1 Å². The molecule has 1 unspecified atom stereocenters. The molecule has 0 spiro atoms. The van der Waals surface area contributed by atoms with Gasteiger partial charge in [0.1, 0.15) is 11.3 Å². The quantitative estimate of drug-likeness (QED) is 0.617. The van der Waals surface area contributed by atoms with Gasteiger partial charge in [-0.3, -0.25) is 14.9 Å². The third-order valence-corrected chi connectivity index (χ3v) is 4.32. The largest absolute Gasteiger partial charge is 0.404 e. The average molecular weight is 378 g/mol. The summed E-state index contributed by atoms with van der Waals surface area (Å²) in [6.45, 7) is 3.28. The fourth-order valence-corrected chi connectivity index (χ4v) is 2.89. The molecule has 1 aliphatic heterocycles. The van der Waals surface area contributed by atoms with E-state index in [-0.39, 0.29) is 6.54 Å². The molecule has 138 valence electrons. The molecular formula is C18H21ClFN5O. The number of nitrogens with zero attached hydrogens (tertiary/aromatic N) is 4. The Morgan fingerprint density at radius 2 is 2.19 bits per heavy atom. The standard InChI is InChI=1S/C18H21ClFN5O/c19-18-2-1-16-17(24-18)7-13(10-23-16)14(8-21)9-22-11-15(20)12-25-3-5-26-6-4-25/h1-2,7-10,15H,3-6,11-12,21H2. The van der Waals surface area contributed by atoms with Crippen LogP contribution in [0.5, 0.6) is 0 Å². The molecule has 1 aliphatic rings. The van der Waals surface area contributed by atoms with Crippen molar-refractivity contribution < 1.29 is 9.13 Å². The van der Waals surface area contributed by atoms with Crippen LogP contribution in [0.15, 0.2) is 35.6 Å². The maximum atomic E-state index is 14.1. The Balaban J connectivity index is 1.62. The topological polar surface area (TPSA) is 76.6 Å². The summed E-state index contributed by atoms with van der Waals surface area (Å²) in [6.07, 6.45) is 3.65. The zero-order chi connectivity index (χ0) is 18.4. The number of alkyl halides is 1. The lowest BCUT2D eigenvalue weighted by Crippen LogP contribution is -2.40. The van der Waals surface area contributed by atoms with Crippen molar-refractivity contribution in [2.75, 3.05) is 39.4 Å². The Labute approximate surface area is 156 Å². The maximum Gasteiger partial charge on any atom is 0.132 e. The Morgan fingerprint density at radius 3 is 2.96 bits per heavy atom. The predicted octanol–water partition coefficient (Wildman–Crippen LogP) is 2.32. The summed E-state index contributed by atoms with van der Waals surface area (Å²) in [5, 5.41) is 0.395. The average Bonchev–Trinajstić information content (AvgIpc) is 2.65. The molecule has 0 radical (unpaired) electrons. The molecule has 1 fully saturated rings. The molecule has 0 saturated carbocycles. The Hall–Kier alpha value is -2.09. The number of hydrogen-bond acceptors (Lipinski definition) is 6. The summed E-state index contributed by atoms with van der Waals surface area (Å²) in [5.74, 6) is 0. The number of allylic oxidation sites excluding steroid dienone is 1. The van der Waals surface area contributed by atoms with Gasteiger partial charge in [0.15, 0.2) is 0 Å². The number of aliphatic imine (C=N–C) groups is 1. The van der Waals surface area contributed by atoms with Crippen molar-refractivity contribution in [3.63, 3.8) is 0 Å². The van der Waals surface area contributed by atoms with Crippen LogP contribution in [0.4, 0.5) is 4.39 Å². The number of fused-ring (bicyclic) bond motifs is 1. The van der Waals surface area contributed by atoms with Gasteiger partial charge in [0.25, 0.3) is 0 Å². The third-order valence-electron chi connectivity index (χ3n) is 4.11. The van der Waals surface area contributed by atoms with Crippen LogP contribution in [0.3, 0.4) is 0 Å². The van der Waals surface area contributed by atoms with E-state index in [0.717, 1.165) is 24.2 Å². The molecule has 2 aromatic rings. The Morgan fingerprint density at radius 1 is 1.38 bits per heavy atom. The van der Waals surface area contributed by atoms with Crippen molar-refractivity contribution >= 4 is 34.4 Å². The second kappa shape index (κ2) is 9.02. The molecule has 0 bridgehead atoms. The second-order valence-electron chi connectivity index (χ2n) is 6.02. The molecular weight excluding hydrogens is 357 g/mol. The lowest BCUT2D eigenvalue weighted by Gasteiger charge is -2.27. The molecule has 0 aromatic carbocycles. The molecule has 0 amide bonds. The van der Waals surface area contributed by atoms with Crippen molar-refractivity contribution in [2.24, 2.45) is 10.7 Å². The summed E-state index contributed by atoms with van der Waals surface area (Å²) in [7, 11) is 0. The smallest absolute Gasteiger partial charge is 0.132 e. The number of ether oxygens (including phenoxy) is 1. The van der Waals surface area contributed by atoms with Gasteiger partial charge in [-0.15, -0.1) is 0 Å². The third kappa shape index (κ3) is 4.97. The summed E-state index contributed by atoms with van der Waals surface area (Å²) in [6, 6.07) is 5.32. The normalized spacial score (nSPS) is 17.8. The minimum absolute atomic E-state index is 0.0831. The van der Waals surface area contributed by atoms with E-state index in [1.807, 2.05) is 11.0 Å². The zero-order valence-corrected chi connectivity index (χ0v) is 15.1. The highest BCUT2D eigenvalue weighted by molar-refractivity contribution is 6.29. The number of nitrogens with two attached hydrogens (primary N) is 1. The molecule has 26 heavy (non-hydrogen) atoms. The van der Waals surface area contributed by atoms with Gasteiger partial charge in [-0.1, -0.05) is 11.6 Å². The fraction of sp³-hybridized carbons (Fsp3) is 0.389. The van der Waals surface area contributed by atoms with Crippen LogP contribution in [-0.2, 0) is 4.74 Å². The van der Waals surface area contributed by atoms with Gasteiger partial charge in [0.05, 0.1) is 30.8 Å². The van der Waals surface area contributed by atoms with Crippen LogP contribution in [0.25, 0.3) is 16.6 Å². The van der Waals surface area contributed by atoms with Crippen LogP contribution in [0, 0.1) is 0 Å². The van der Waals surface area contributed by atoms with Gasteiger partial charge in [0.2, 0.25) is 0 Å². The van der Waals surface area contributed by atoms with E-state index in [2.05, 4.69) is 15.0 Å². The summed E-state index contributed by atoms with van der Waals surface area (Å²) < 4.78 is 19.4. The van der Waals surface area contributed by atoms with Crippen LogP contribution < -0.4 is 5.73 Å². The SMILES string of the molecule is NC=C(C=NCC(F)CN1CCOCC1)c1cnc2ccc(Cl)nc2c1. The summed E-state index contributed by atoms with van der Waals surface area (Å²) in [4.78, 5) is 14.8. The number of morpholine rings is 1. The van der Waals surface area contributed by atoms with Gasteiger partial charge in [0, 0.05) is 49.4 Å². The van der Waals surface area contributed by atoms with Crippen LogP contribution in [0.2, 0.25) is 5.15 Å². The van der Waals surface area contributed by atoms with Crippen molar-refractivity contribution in [3.8, 4) is 0 Å². The molecule has 6 nitrogen and oxygen atoms in total. The number of pyridine rings is 2. The molecule has 2 aromatic heterocycles. The molecule has 0 aliphatic carbocycles. The predicted molar refractivity (Wildman–Crippen MR) is 102 cm³/mol. The van der Waals surface area contributed by atoms with E-state index < -0.39 is 6.17 Å². The van der Waals surface area contributed by atoms with E-state index in [9.17, 15) is 4.39 Å². The lowest BCUT2D eigenvalue weighted by atomic mass is 10.1. The van der Waals surface area contributed by atoms with E-state index in [1.54, 1.807) is 24.5 Å². The van der Waals surface area contributed by atoms with Crippen molar-refractivity contribution in [1.82, 2.24) is 14.9 Å². The maximum absolute atomic E-state index is 14.1. The van der Waals surface area contributed by atoms with Gasteiger partial charge in [-0.25, -0.2) is 9.37 Å². The number of hydrogen-bond donors (Lipinski definition) is 1. The van der Waals surface area contributed by atoms with Gasteiger partial charge < -0.3 is 10.5 Å². The van der Waals surface area contributed by atoms with E-state index >= 15 is 0 Å². The molecule has 2 N–H and O–H groups in total. The van der Waals surface area contributed by atoms with Crippen molar-refractivity contribution in [2.45, 2.75) is 6.17 Å². The first-order valence-electron chi connectivity index (χ1n) is 8.44. The molecule has 8 heteroatoms. The first-order chi connectivity index (χ1) is 12.7. The van der Waals surface area contributed by atoms with Crippen molar-refractivity contribution in [3.05, 3.63) is 41.3 Å². The van der Waals surface area contributed by atoms with E-state index in [0.29, 0.717) is 36.0 Å². The van der Waals surface area contributed by atoms with E-state index in [1.165, 1.54) is 6.20 Å². The highest BCUT2D eigenvalue weighted by atomic mass is 35.5.